The molecule has 0 aromatic carbocycles. The minimum absolute atomic E-state index is 0.0167. The number of nitrogens with one attached hydrogen (secondary N) is 1. The first kappa shape index (κ1) is 26.3. The van der Waals surface area contributed by atoms with E-state index in [0.717, 1.165) is 16.8 Å². The topological polar surface area (TPSA) is 153 Å². The Morgan fingerprint density at radius 2 is 1.55 bits per heavy atom. The van der Waals surface area contributed by atoms with Crippen LogP contribution in [0.5, 0.6) is 0 Å². The van der Waals surface area contributed by atoms with Gasteiger partial charge >= 0.3 is 12.1 Å². The number of amides is 7. The molecule has 4 N–H and O–H groups in total. The lowest BCUT2D eigenvalue weighted by atomic mass is 10.0. The molecule has 166 valence electrons. The van der Waals surface area contributed by atoms with E-state index in [9.17, 15) is 29.1 Å². The van der Waals surface area contributed by atoms with Gasteiger partial charge in [-0.3, -0.25) is 19.7 Å². The highest BCUT2D eigenvalue weighted by Gasteiger charge is 2.35. The molecule has 0 fully saturated rings. The zero-order valence-corrected chi connectivity index (χ0v) is 18.0. The third-order valence-electron chi connectivity index (χ3n) is 4.46. The van der Waals surface area contributed by atoms with E-state index in [0.29, 0.717) is 11.3 Å². The molecule has 29 heavy (non-hydrogen) atoms. The highest BCUT2D eigenvalue weighted by atomic mass is 16.3. The summed E-state index contributed by atoms with van der Waals surface area (Å²) in [4.78, 5) is 63.4. The summed E-state index contributed by atoms with van der Waals surface area (Å²) in [6, 6.07) is -4.29. The Morgan fingerprint density at radius 3 is 1.97 bits per heavy atom. The average molecular weight is 415 g/mol. The number of hydrogen-bond acceptors (Lipinski definition) is 6. The highest BCUT2D eigenvalue weighted by Crippen LogP contribution is 2.14. The second kappa shape index (κ2) is 12.0. The SMILES string of the molecule is CCCC(=O)N(C)C(CO)C(=O)N(C)[C@@H](CC(C)C)C(=O)NC(=O)N(C)C(N)=O. The minimum Gasteiger partial charge on any atom is -0.394 e. The van der Waals surface area contributed by atoms with Gasteiger partial charge in [0.15, 0.2) is 0 Å². The quantitative estimate of drug-likeness (QED) is 0.471. The first-order chi connectivity index (χ1) is 13.4. The summed E-state index contributed by atoms with van der Waals surface area (Å²) in [5.74, 6) is -1.77. The molecule has 11 nitrogen and oxygen atoms in total. The van der Waals surface area contributed by atoms with Crippen LogP contribution in [-0.2, 0) is 14.4 Å². The fraction of sp³-hybridized carbons (Fsp3) is 0.722. The Hall–Kier alpha value is -2.69. The van der Waals surface area contributed by atoms with Gasteiger partial charge in [0.2, 0.25) is 11.8 Å². The van der Waals surface area contributed by atoms with Crippen LogP contribution in [0.15, 0.2) is 0 Å². The fourth-order valence-corrected chi connectivity index (χ4v) is 2.58. The number of nitrogens with two attached hydrogens (primary N) is 1. The van der Waals surface area contributed by atoms with Gasteiger partial charge in [-0.05, 0) is 18.8 Å². The number of primary amides is 1. The number of aliphatic hydroxyl groups is 1. The van der Waals surface area contributed by atoms with Crippen LogP contribution in [-0.4, -0.2) is 89.4 Å². The zero-order chi connectivity index (χ0) is 22.9. The molecule has 0 saturated carbocycles. The second-order valence-electron chi connectivity index (χ2n) is 7.24. The summed E-state index contributed by atoms with van der Waals surface area (Å²) < 4.78 is 0. The Balaban J connectivity index is 5.54. The fourth-order valence-electron chi connectivity index (χ4n) is 2.58. The lowest BCUT2D eigenvalue weighted by molar-refractivity contribution is -0.149. The van der Waals surface area contributed by atoms with Gasteiger partial charge in [-0.15, -0.1) is 0 Å². The maximum absolute atomic E-state index is 12.9. The van der Waals surface area contributed by atoms with Crippen molar-refractivity contribution in [3.8, 4) is 0 Å². The summed E-state index contributed by atoms with van der Waals surface area (Å²) in [5, 5.41) is 11.7. The van der Waals surface area contributed by atoms with E-state index in [1.807, 2.05) is 26.1 Å². The molecule has 0 aromatic heterocycles. The van der Waals surface area contributed by atoms with Crippen LogP contribution in [0.4, 0.5) is 9.59 Å². The molecule has 0 aliphatic rings. The van der Waals surface area contributed by atoms with Crippen molar-refractivity contribution in [1.82, 2.24) is 20.0 Å². The number of carbonyl (C=O) groups is 5. The van der Waals surface area contributed by atoms with Crippen LogP contribution in [0.2, 0.25) is 0 Å². The molecule has 2 atom stereocenters. The number of nitrogens with zero attached hydrogens (tertiary/aromatic N) is 3. The summed E-state index contributed by atoms with van der Waals surface area (Å²) >= 11 is 0. The van der Waals surface area contributed by atoms with Gasteiger partial charge < -0.3 is 20.6 Å². The number of urea groups is 2. The summed E-state index contributed by atoms with van der Waals surface area (Å²) in [7, 11) is 3.87. The zero-order valence-electron chi connectivity index (χ0n) is 18.0. The average Bonchev–Trinajstić information content (AvgIpc) is 2.64. The maximum Gasteiger partial charge on any atom is 0.331 e. The van der Waals surface area contributed by atoms with Crippen molar-refractivity contribution in [1.29, 1.82) is 0 Å². The number of imide groups is 2. The predicted octanol–water partition coefficient (Wildman–Crippen LogP) is -0.274. The van der Waals surface area contributed by atoms with Gasteiger partial charge in [0.05, 0.1) is 6.61 Å². The summed E-state index contributed by atoms with van der Waals surface area (Å²) in [5.41, 5.74) is 5.01. The number of hydrogen-bond donors (Lipinski definition) is 3. The third-order valence-corrected chi connectivity index (χ3v) is 4.46. The van der Waals surface area contributed by atoms with E-state index in [-0.39, 0.29) is 24.7 Å². The van der Waals surface area contributed by atoms with Crippen molar-refractivity contribution in [2.24, 2.45) is 11.7 Å². The van der Waals surface area contributed by atoms with E-state index in [2.05, 4.69) is 0 Å². The van der Waals surface area contributed by atoms with Gasteiger partial charge in [-0.2, -0.15) is 0 Å². The molecule has 0 spiro atoms. The third kappa shape index (κ3) is 7.68. The smallest absolute Gasteiger partial charge is 0.331 e. The van der Waals surface area contributed by atoms with Crippen LogP contribution in [0.3, 0.4) is 0 Å². The molecule has 1 unspecified atom stereocenters. The van der Waals surface area contributed by atoms with E-state index < -0.39 is 42.6 Å². The van der Waals surface area contributed by atoms with Gasteiger partial charge in [0, 0.05) is 27.6 Å². The van der Waals surface area contributed by atoms with Crippen molar-refractivity contribution >= 4 is 29.8 Å². The molecule has 0 aliphatic carbocycles. The Labute approximate surface area is 171 Å². The number of carbonyl (C=O) groups excluding carboxylic acids is 5. The van der Waals surface area contributed by atoms with Crippen LogP contribution in [0.1, 0.15) is 40.0 Å². The Bertz CT molecular complexity index is 624. The van der Waals surface area contributed by atoms with Crippen molar-refractivity contribution in [3.63, 3.8) is 0 Å². The second-order valence-corrected chi connectivity index (χ2v) is 7.24. The molecule has 0 aromatic rings. The number of likely N-dealkylation sites (N-methyl/N-ethyl adjacent to an activating group) is 2. The van der Waals surface area contributed by atoms with Crippen LogP contribution >= 0.6 is 0 Å². The van der Waals surface area contributed by atoms with Gasteiger partial charge in [0.25, 0.3) is 5.91 Å². The van der Waals surface area contributed by atoms with E-state index in [1.165, 1.54) is 14.1 Å². The number of rotatable bonds is 9. The molecule has 0 rings (SSSR count). The van der Waals surface area contributed by atoms with Gasteiger partial charge in [-0.1, -0.05) is 20.8 Å². The largest absolute Gasteiger partial charge is 0.394 e. The van der Waals surface area contributed by atoms with Crippen molar-refractivity contribution in [2.75, 3.05) is 27.7 Å². The van der Waals surface area contributed by atoms with E-state index in [4.69, 9.17) is 5.73 Å². The molecule has 7 amide bonds. The molecule has 0 bridgehead atoms. The minimum atomic E-state index is -1.16. The first-order valence-corrected chi connectivity index (χ1v) is 9.40. The van der Waals surface area contributed by atoms with Gasteiger partial charge in [-0.25, -0.2) is 14.5 Å². The molecule has 0 saturated heterocycles. The van der Waals surface area contributed by atoms with Crippen LogP contribution in [0, 0.1) is 5.92 Å². The normalized spacial score (nSPS) is 12.7. The van der Waals surface area contributed by atoms with E-state index in [1.54, 1.807) is 0 Å². The van der Waals surface area contributed by atoms with Crippen LogP contribution in [0.25, 0.3) is 0 Å². The van der Waals surface area contributed by atoms with Gasteiger partial charge in [0.1, 0.15) is 12.1 Å². The Morgan fingerprint density at radius 1 is 1.00 bits per heavy atom. The lowest BCUT2D eigenvalue weighted by Crippen LogP contribution is -2.57. The Kier molecular flexibility index (Phi) is 10.9. The van der Waals surface area contributed by atoms with Crippen molar-refractivity contribution < 1.29 is 29.1 Å². The van der Waals surface area contributed by atoms with Crippen molar-refractivity contribution in [3.05, 3.63) is 0 Å². The lowest BCUT2D eigenvalue weighted by Gasteiger charge is -2.34. The molecular weight excluding hydrogens is 382 g/mol. The molecule has 0 aliphatic heterocycles. The van der Waals surface area contributed by atoms with Crippen molar-refractivity contribution in [2.45, 2.75) is 52.1 Å². The highest BCUT2D eigenvalue weighted by molar-refractivity contribution is 6.03. The molecule has 0 radical (unpaired) electrons. The molecular formula is C18H33N5O6. The standard InChI is InChI=1S/C18H33N5O6/c1-7-8-14(25)21(4)13(10-24)16(27)22(5)12(9-11(2)3)15(26)20-18(29)23(6)17(19)28/h11-13,24H,7-10H2,1-6H3,(H2,19,28)(H,20,26,29)/t12-,13?/m0/s1. The molecule has 0 heterocycles. The predicted molar refractivity (Wildman–Crippen MR) is 105 cm³/mol. The van der Waals surface area contributed by atoms with E-state index >= 15 is 0 Å². The maximum atomic E-state index is 12.9. The number of aliphatic hydroxyl groups excluding tert-OH is 1. The summed E-state index contributed by atoms with van der Waals surface area (Å²) in [6.07, 6.45) is 1.01. The molecule has 11 heteroatoms. The summed E-state index contributed by atoms with van der Waals surface area (Å²) in [6.45, 7) is 4.86. The monoisotopic (exact) mass is 415 g/mol. The first-order valence-electron chi connectivity index (χ1n) is 9.40. The van der Waals surface area contributed by atoms with Crippen LogP contribution < -0.4 is 11.1 Å².